The second-order valence-corrected chi connectivity index (χ2v) is 8.43. The van der Waals surface area contributed by atoms with E-state index in [9.17, 15) is 19.4 Å². The highest BCUT2D eigenvalue weighted by Crippen LogP contribution is 2.41. The predicted molar refractivity (Wildman–Crippen MR) is 128 cm³/mol. The first-order valence-electron chi connectivity index (χ1n) is 11.1. The number of halogens is 1. The van der Waals surface area contributed by atoms with Crippen molar-refractivity contribution in [3.63, 3.8) is 0 Å². The van der Waals surface area contributed by atoms with Gasteiger partial charge in [-0.2, -0.15) is 0 Å². The molecule has 174 valence electrons. The van der Waals surface area contributed by atoms with Crippen molar-refractivity contribution < 1.29 is 24.5 Å². The Bertz CT molecular complexity index is 1040. The summed E-state index contributed by atoms with van der Waals surface area (Å²) in [6.45, 7) is 6.10. The van der Waals surface area contributed by atoms with E-state index in [1.165, 1.54) is 12.1 Å². The van der Waals surface area contributed by atoms with Crippen molar-refractivity contribution in [2.45, 2.75) is 51.2 Å². The number of aliphatic imine (C=N–C) groups is 1. The molecule has 0 saturated heterocycles. The van der Waals surface area contributed by atoms with E-state index in [1.807, 2.05) is 25.2 Å². The Kier molecular flexibility index (Phi) is 8.31. The SMILES string of the molecule is C=C1N=C(C2CC2)C(/C=C/C(O)CC(O)CC(=O)O)=C(c2ccc(F)cc2)C/C1=C/C=C\C. The number of hydrogen-bond acceptors (Lipinski definition) is 4. The van der Waals surface area contributed by atoms with E-state index in [0.717, 1.165) is 40.8 Å². The number of carboxylic acids is 1. The molecule has 2 atom stereocenters. The number of hydrogen-bond donors (Lipinski definition) is 3. The summed E-state index contributed by atoms with van der Waals surface area (Å²) < 4.78 is 13.6. The molecule has 3 rings (SSSR count). The van der Waals surface area contributed by atoms with Crippen LogP contribution in [0.5, 0.6) is 0 Å². The fourth-order valence-corrected chi connectivity index (χ4v) is 3.80. The number of rotatable bonds is 9. The first-order valence-corrected chi connectivity index (χ1v) is 11.1. The lowest BCUT2D eigenvalue weighted by molar-refractivity contribution is -0.139. The molecule has 3 N–H and O–H groups in total. The van der Waals surface area contributed by atoms with E-state index in [0.29, 0.717) is 12.1 Å². The van der Waals surface area contributed by atoms with Crippen LogP contribution < -0.4 is 0 Å². The Morgan fingerprint density at radius 1 is 1.27 bits per heavy atom. The van der Waals surface area contributed by atoms with Gasteiger partial charge in [-0.25, -0.2) is 4.39 Å². The molecule has 0 radical (unpaired) electrons. The van der Waals surface area contributed by atoms with Crippen molar-refractivity contribution in [1.29, 1.82) is 0 Å². The number of benzene rings is 1. The van der Waals surface area contributed by atoms with E-state index < -0.39 is 24.6 Å². The first kappa shape index (κ1) is 24.6. The zero-order chi connectivity index (χ0) is 24.0. The average Bonchev–Trinajstić information content (AvgIpc) is 3.59. The number of aliphatic hydroxyl groups excluding tert-OH is 2. The summed E-state index contributed by atoms with van der Waals surface area (Å²) in [6, 6.07) is 6.31. The third-order valence-electron chi connectivity index (χ3n) is 5.65. The van der Waals surface area contributed by atoms with Gasteiger partial charge in [-0.15, -0.1) is 0 Å². The Morgan fingerprint density at radius 3 is 2.58 bits per heavy atom. The molecule has 0 amide bonds. The third-order valence-corrected chi connectivity index (χ3v) is 5.65. The lowest BCUT2D eigenvalue weighted by Gasteiger charge is -2.15. The predicted octanol–water partition coefficient (Wildman–Crippen LogP) is 4.99. The topological polar surface area (TPSA) is 90.1 Å². The van der Waals surface area contributed by atoms with Crippen molar-refractivity contribution in [3.8, 4) is 0 Å². The lowest BCUT2D eigenvalue weighted by atomic mass is 9.90. The van der Waals surface area contributed by atoms with Gasteiger partial charge in [-0.1, -0.05) is 49.1 Å². The summed E-state index contributed by atoms with van der Waals surface area (Å²) in [5.74, 6) is -1.16. The molecule has 1 fully saturated rings. The summed E-state index contributed by atoms with van der Waals surface area (Å²) >= 11 is 0. The minimum absolute atomic E-state index is 0.0863. The molecule has 2 unspecified atom stereocenters. The standard InChI is InChI=1S/C27H30FNO4/c1-3-4-5-20-14-25(18-8-10-21(28)11-9-18)24(27(19-6-7-19)29-17(20)2)13-12-22(30)15-23(31)16-26(32)33/h3-5,8-13,19,22-23,30-31H,2,6-7,14-16H2,1H3,(H,32,33)/b4-3-,13-12+,20-5-. The number of allylic oxidation sites excluding steroid dienone is 7. The molecular weight excluding hydrogens is 421 g/mol. The number of aliphatic carboxylic acids is 1. The Morgan fingerprint density at radius 2 is 1.97 bits per heavy atom. The van der Waals surface area contributed by atoms with E-state index in [2.05, 4.69) is 6.58 Å². The van der Waals surface area contributed by atoms with Crippen molar-refractivity contribution in [2.24, 2.45) is 10.9 Å². The normalized spacial score (nSPS) is 20.4. The van der Waals surface area contributed by atoms with Crippen LogP contribution >= 0.6 is 0 Å². The maximum absolute atomic E-state index is 13.6. The second-order valence-electron chi connectivity index (χ2n) is 8.43. The van der Waals surface area contributed by atoms with Gasteiger partial charge in [0.2, 0.25) is 0 Å². The molecule has 0 spiro atoms. The van der Waals surface area contributed by atoms with Gasteiger partial charge < -0.3 is 15.3 Å². The largest absolute Gasteiger partial charge is 0.481 e. The van der Waals surface area contributed by atoms with Gasteiger partial charge in [0.1, 0.15) is 5.82 Å². The molecule has 1 heterocycles. The van der Waals surface area contributed by atoms with E-state index >= 15 is 0 Å². The lowest BCUT2D eigenvalue weighted by Crippen LogP contribution is -2.19. The van der Waals surface area contributed by atoms with Gasteiger partial charge in [-0.3, -0.25) is 9.79 Å². The molecule has 1 aliphatic heterocycles. The minimum Gasteiger partial charge on any atom is -0.481 e. The van der Waals surface area contributed by atoms with E-state index in [4.69, 9.17) is 10.1 Å². The summed E-state index contributed by atoms with van der Waals surface area (Å²) in [4.78, 5) is 15.6. The maximum atomic E-state index is 13.6. The summed E-state index contributed by atoms with van der Waals surface area (Å²) in [5.41, 5.74) is 5.16. The van der Waals surface area contributed by atoms with Gasteiger partial charge in [0.05, 0.1) is 30.0 Å². The highest BCUT2D eigenvalue weighted by atomic mass is 19.1. The van der Waals surface area contributed by atoms with Crippen molar-refractivity contribution in [1.82, 2.24) is 0 Å². The van der Waals surface area contributed by atoms with Crippen LogP contribution in [-0.2, 0) is 4.79 Å². The van der Waals surface area contributed by atoms with E-state index in [-0.39, 0.29) is 18.2 Å². The number of nitrogens with zero attached hydrogens (tertiary/aromatic N) is 1. The van der Waals surface area contributed by atoms with Gasteiger partial charge in [0.25, 0.3) is 0 Å². The van der Waals surface area contributed by atoms with Crippen LogP contribution in [0.3, 0.4) is 0 Å². The summed E-state index contributed by atoms with van der Waals surface area (Å²) in [6.07, 6.45) is 9.06. The fourth-order valence-electron chi connectivity index (χ4n) is 3.80. The van der Waals surface area contributed by atoms with Crippen molar-refractivity contribution >= 4 is 17.3 Å². The van der Waals surface area contributed by atoms with Crippen LogP contribution in [0.15, 0.2) is 83.1 Å². The minimum atomic E-state index is -1.14. The van der Waals surface area contributed by atoms with Crippen LogP contribution in [0.2, 0.25) is 0 Å². The van der Waals surface area contributed by atoms with Crippen molar-refractivity contribution in [3.05, 3.63) is 89.4 Å². The second kappa shape index (κ2) is 11.2. The van der Waals surface area contributed by atoms with Crippen LogP contribution in [0.4, 0.5) is 4.39 Å². The maximum Gasteiger partial charge on any atom is 0.305 e. The zero-order valence-corrected chi connectivity index (χ0v) is 18.7. The molecule has 1 aromatic rings. The van der Waals surface area contributed by atoms with Crippen molar-refractivity contribution in [2.75, 3.05) is 0 Å². The van der Waals surface area contributed by atoms with Gasteiger partial charge >= 0.3 is 5.97 Å². The zero-order valence-electron chi connectivity index (χ0n) is 18.7. The van der Waals surface area contributed by atoms with Gasteiger partial charge in [-0.05, 0) is 48.6 Å². The molecular formula is C27H30FNO4. The molecule has 1 aromatic carbocycles. The van der Waals surface area contributed by atoms with Crippen LogP contribution in [-0.4, -0.2) is 39.2 Å². The Hall–Kier alpha value is -3.09. The molecule has 33 heavy (non-hydrogen) atoms. The smallest absolute Gasteiger partial charge is 0.305 e. The van der Waals surface area contributed by atoms with Crippen LogP contribution in [0.1, 0.15) is 44.6 Å². The third kappa shape index (κ3) is 6.94. The average molecular weight is 452 g/mol. The van der Waals surface area contributed by atoms with Crippen LogP contribution in [0, 0.1) is 11.7 Å². The molecule has 0 aromatic heterocycles. The van der Waals surface area contributed by atoms with Gasteiger partial charge in [0, 0.05) is 24.3 Å². The van der Waals surface area contributed by atoms with Crippen LogP contribution in [0.25, 0.3) is 5.57 Å². The Balaban J connectivity index is 2.05. The molecule has 1 saturated carbocycles. The monoisotopic (exact) mass is 451 g/mol. The van der Waals surface area contributed by atoms with E-state index in [1.54, 1.807) is 24.3 Å². The fraction of sp³-hybridized carbons (Fsp3) is 0.333. The summed E-state index contributed by atoms with van der Waals surface area (Å²) in [5, 5.41) is 29.1. The van der Waals surface area contributed by atoms with Gasteiger partial charge in [0.15, 0.2) is 0 Å². The summed E-state index contributed by atoms with van der Waals surface area (Å²) in [7, 11) is 0. The number of carbonyl (C=O) groups is 1. The molecule has 6 heteroatoms. The number of aliphatic hydroxyl groups is 2. The molecule has 0 bridgehead atoms. The highest BCUT2D eigenvalue weighted by Gasteiger charge is 2.32. The molecule has 5 nitrogen and oxygen atoms in total. The quantitative estimate of drug-likeness (QED) is 0.493. The molecule has 1 aliphatic carbocycles. The Labute approximate surface area is 193 Å². The highest BCUT2D eigenvalue weighted by molar-refractivity contribution is 6.12. The first-order chi connectivity index (χ1) is 15.8. The molecule has 2 aliphatic rings. The number of carboxylic acid groups (broad SMARTS) is 1.